The molecule has 2 aromatic rings. The van der Waals surface area contributed by atoms with E-state index in [1.165, 1.54) is 5.01 Å². The lowest BCUT2D eigenvalue weighted by Gasteiger charge is -2.18. The van der Waals surface area contributed by atoms with Gasteiger partial charge in [-0.3, -0.25) is 9.58 Å². The molecule has 1 heterocycles. The number of nitrogens with two attached hydrogens (primary N) is 1. The van der Waals surface area contributed by atoms with Crippen LogP contribution >= 0.6 is 0 Å². The van der Waals surface area contributed by atoms with Gasteiger partial charge in [-0.05, 0) is 18.9 Å². The first-order valence-corrected chi connectivity index (χ1v) is 7.32. The fourth-order valence-electron chi connectivity index (χ4n) is 2.30. The van der Waals surface area contributed by atoms with E-state index in [0.29, 0.717) is 18.9 Å². The topological polar surface area (TPSA) is 77.0 Å². The van der Waals surface area contributed by atoms with Gasteiger partial charge in [-0.2, -0.15) is 9.97 Å². The van der Waals surface area contributed by atoms with Gasteiger partial charge < -0.3 is 0 Å². The van der Waals surface area contributed by atoms with Crippen molar-refractivity contribution in [2.24, 2.45) is 5.84 Å². The lowest BCUT2D eigenvalue weighted by molar-refractivity contribution is 0.676. The van der Waals surface area contributed by atoms with Crippen LogP contribution in [0.4, 0.5) is 5.95 Å². The Labute approximate surface area is 129 Å². The summed E-state index contributed by atoms with van der Waals surface area (Å²) in [4.78, 5) is 20.7. The average molecular weight is 299 g/mol. The number of aromatic nitrogens is 3. The summed E-state index contributed by atoms with van der Waals surface area (Å²) in [7, 11) is 0. The summed E-state index contributed by atoms with van der Waals surface area (Å²) in [6, 6.07) is 7.91. The molecule has 0 atom stereocenters. The third kappa shape index (κ3) is 3.07. The number of benzene rings is 1. The second-order valence-electron chi connectivity index (χ2n) is 4.83. The number of hydrogen-bond acceptors (Lipinski definition) is 5. The highest BCUT2D eigenvalue weighted by atomic mass is 16.1. The van der Waals surface area contributed by atoms with Gasteiger partial charge in [0.05, 0.1) is 6.54 Å². The van der Waals surface area contributed by atoms with Crippen LogP contribution in [-0.2, 0) is 13.0 Å². The molecular formula is C16H21N5O. The SMILES string of the molecule is C=CCN(N)c1nc(-c2ccccc2CC)n(CC)c(=O)n1. The minimum absolute atomic E-state index is 0.204. The Morgan fingerprint density at radius 3 is 2.68 bits per heavy atom. The predicted molar refractivity (Wildman–Crippen MR) is 88.5 cm³/mol. The lowest BCUT2D eigenvalue weighted by Crippen LogP contribution is -2.36. The lowest BCUT2D eigenvalue weighted by atomic mass is 10.0. The van der Waals surface area contributed by atoms with Crippen LogP contribution in [0, 0.1) is 0 Å². The number of nitrogens with zero attached hydrogens (tertiary/aromatic N) is 4. The van der Waals surface area contributed by atoms with Gasteiger partial charge in [-0.25, -0.2) is 10.6 Å². The highest BCUT2D eigenvalue weighted by Crippen LogP contribution is 2.22. The van der Waals surface area contributed by atoms with E-state index in [-0.39, 0.29) is 11.6 Å². The number of hydrogen-bond donors (Lipinski definition) is 1. The number of hydrazine groups is 1. The first kappa shape index (κ1) is 15.9. The van der Waals surface area contributed by atoms with E-state index >= 15 is 0 Å². The molecule has 0 fully saturated rings. The van der Waals surface area contributed by atoms with Crippen molar-refractivity contribution < 1.29 is 0 Å². The first-order chi connectivity index (χ1) is 10.6. The van der Waals surface area contributed by atoms with E-state index in [1.54, 1.807) is 10.6 Å². The van der Waals surface area contributed by atoms with Crippen molar-refractivity contribution in [3.8, 4) is 11.4 Å². The molecule has 0 bridgehead atoms. The molecule has 0 saturated heterocycles. The van der Waals surface area contributed by atoms with Crippen molar-refractivity contribution in [1.82, 2.24) is 14.5 Å². The second-order valence-corrected chi connectivity index (χ2v) is 4.83. The van der Waals surface area contributed by atoms with Crippen LogP contribution in [0.1, 0.15) is 19.4 Å². The first-order valence-electron chi connectivity index (χ1n) is 7.32. The molecule has 0 saturated carbocycles. The van der Waals surface area contributed by atoms with Crippen LogP contribution in [0.15, 0.2) is 41.7 Å². The van der Waals surface area contributed by atoms with Crippen molar-refractivity contribution in [1.29, 1.82) is 0 Å². The summed E-state index contributed by atoms with van der Waals surface area (Å²) in [6.45, 7) is 8.46. The van der Waals surface area contributed by atoms with Gasteiger partial charge in [0, 0.05) is 12.1 Å². The van der Waals surface area contributed by atoms with Gasteiger partial charge in [0.25, 0.3) is 0 Å². The summed E-state index contributed by atoms with van der Waals surface area (Å²) >= 11 is 0. The summed E-state index contributed by atoms with van der Waals surface area (Å²) in [6.07, 6.45) is 2.49. The molecule has 0 amide bonds. The van der Waals surface area contributed by atoms with E-state index in [4.69, 9.17) is 5.84 Å². The predicted octanol–water partition coefficient (Wildman–Crippen LogP) is 1.75. The smallest absolute Gasteiger partial charge is 0.276 e. The summed E-state index contributed by atoms with van der Waals surface area (Å²) in [5.74, 6) is 6.67. The second kappa shape index (κ2) is 7.00. The van der Waals surface area contributed by atoms with Crippen molar-refractivity contribution in [2.75, 3.05) is 11.6 Å². The van der Waals surface area contributed by atoms with E-state index in [1.807, 2.05) is 31.2 Å². The van der Waals surface area contributed by atoms with Gasteiger partial charge in [-0.1, -0.05) is 37.3 Å². The molecule has 2 rings (SSSR count). The van der Waals surface area contributed by atoms with Gasteiger partial charge in [0.2, 0.25) is 5.95 Å². The van der Waals surface area contributed by atoms with E-state index < -0.39 is 0 Å². The Morgan fingerprint density at radius 2 is 2.05 bits per heavy atom. The van der Waals surface area contributed by atoms with E-state index in [2.05, 4.69) is 23.5 Å². The zero-order valence-corrected chi connectivity index (χ0v) is 13.0. The van der Waals surface area contributed by atoms with Crippen LogP contribution in [0.25, 0.3) is 11.4 Å². The summed E-state index contributed by atoms with van der Waals surface area (Å²) in [5.41, 5.74) is 1.70. The number of anilines is 1. The van der Waals surface area contributed by atoms with Crippen molar-refractivity contribution in [2.45, 2.75) is 26.8 Å². The van der Waals surface area contributed by atoms with Gasteiger partial charge in [-0.15, -0.1) is 6.58 Å². The summed E-state index contributed by atoms with van der Waals surface area (Å²) < 4.78 is 1.56. The fourth-order valence-corrected chi connectivity index (χ4v) is 2.30. The fraction of sp³-hybridized carbons (Fsp3) is 0.312. The number of rotatable bonds is 6. The zero-order valence-electron chi connectivity index (χ0n) is 13.0. The Kier molecular flexibility index (Phi) is 5.06. The molecule has 1 aromatic carbocycles. The van der Waals surface area contributed by atoms with Crippen molar-refractivity contribution in [3.05, 3.63) is 53.0 Å². The summed E-state index contributed by atoms with van der Waals surface area (Å²) in [5, 5.41) is 1.31. The molecule has 1 aromatic heterocycles. The van der Waals surface area contributed by atoms with Gasteiger partial charge in [0.15, 0.2) is 0 Å². The molecule has 6 nitrogen and oxygen atoms in total. The minimum atomic E-state index is -0.354. The Balaban J connectivity index is 2.67. The molecule has 0 unspecified atom stereocenters. The van der Waals surface area contributed by atoms with Gasteiger partial charge in [0.1, 0.15) is 5.82 Å². The monoisotopic (exact) mass is 299 g/mol. The van der Waals surface area contributed by atoms with Crippen LogP contribution in [0.3, 0.4) is 0 Å². The Morgan fingerprint density at radius 1 is 1.32 bits per heavy atom. The third-order valence-electron chi connectivity index (χ3n) is 3.43. The molecule has 0 aliphatic heterocycles. The normalized spacial score (nSPS) is 10.5. The zero-order chi connectivity index (χ0) is 16.1. The molecule has 0 radical (unpaired) electrons. The molecule has 0 spiro atoms. The quantitative estimate of drug-likeness (QED) is 0.499. The van der Waals surface area contributed by atoms with Gasteiger partial charge >= 0.3 is 5.69 Å². The van der Waals surface area contributed by atoms with Crippen molar-refractivity contribution >= 4 is 5.95 Å². The average Bonchev–Trinajstić information content (AvgIpc) is 2.54. The molecule has 2 N–H and O–H groups in total. The molecule has 0 aliphatic carbocycles. The van der Waals surface area contributed by atoms with Crippen LogP contribution in [0.5, 0.6) is 0 Å². The molecule has 22 heavy (non-hydrogen) atoms. The third-order valence-corrected chi connectivity index (χ3v) is 3.43. The largest absolute Gasteiger partial charge is 0.352 e. The highest BCUT2D eigenvalue weighted by Gasteiger charge is 2.15. The van der Waals surface area contributed by atoms with Crippen LogP contribution in [0.2, 0.25) is 0 Å². The Hall–Kier alpha value is -2.47. The maximum absolute atomic E-state index is 12.3. The molecular weight excluding hydrogens is 278 g/mol. The molecule has 0 aliphatic rings. The molecule has 6 heteroatoms. The van der Waals surface area contributed by atoms with Crippen molar-refractivity contribution in [3.63, 3.8) is 0 Å². The standard InChI is InChI=1S/C16H21N5O/c1-4-11-21(17)15-18-14(20(6-3)16(22)19-15)13-10-8-7-9-12(13)5-2/h4,7-10H,1,5-6,11,17H2,2-3H3. The molecule has 116 valence electrons. The number of aryl methyl sites for hydroxylation is 1. The minimum Gasteiger partial charge on any atom is -0.276 e. The maximum atomic E-state index is 12.3. The highest BCUT2D eigenvalue weighted by molar-refractivity contribution is 5.61. The van der Waals surface area contributed by atoms with E-state index in [0.717, 1.165) is 17.5 Å². The van der Waals surface area contributed by atoms with Crippen LogP contribution in [-0.4, -0.2) is 21.1 Å². The maximum Gasteiger partial charge on any atom is 0.352 e. The Bertz CT molecular complexity index is 723. The van der Waals surface area contributed by atoms with E-state index in [9.17, 15) is 4.79 Å². The van der Waals surface area contributed by atoms with Crippen LogP contribution < -0.4 is 16.5 Å².